The van der Waals surface area contributed by atoms with Crippen molar-refractivity contribution in [2.24, 2.45) is 0 Å². The standard InChI is InChI=1S/C17H16N4O2S/c22-17(21-23-10-14-11-24-12-20-14)15-3-1-2-4-16(15)19-9-13-5-7-18-8-6-13/h1-8,11-12,19H,9-10H2,(H,21,22). The number of anilines is 1. The number of hydroxylamine groups is 1. The van der Waals surface area contributed by atoms with Crippen molar-refractivity contribution in [3.63, 3.8) is 0 Å². The number of hydrogen-bond donors (Lipinski definition) is 2. The lowest BCUT2D eigenvalue weighted by molar-refractivity contribution is 0.0224. The summed E-state index contributed by atoms with van der Waals surface area (Å²) >= 11 is 1.48. The minimum atomic E-state index is -0.303. The zero-order valence-corrected chi connectivity index (χ0v) is 13.6. The fourth-order valence-corrected chi connectivity index (χ4v) is 2.62. The van der Waals surface area contributed by atoms with Crippen LogP contribution in [0.3, 0.4) is 0 Å². The summed E-state index contributed by atoms with van der Waals surface area (Å²) in [6.07, 6.45) is 3.48. The first-order valence-corrected chi connectivity index (χ1v) is 8.28. The molecule has 2 N–H and O–H groups in total. The predicted octanol–water partition coefficient (Wildman–Crippen LogP) is 3.01. The highest BCUT2D eigenvalue weighted by atomic mass is 32.1. The van der Waals surface area contributed by atoms with Gasteiger partial charge in [0.2, 0.25) is 0 Å². The number of carbonyl (C=O) groups excluding carboxylic acids is 1. The van der Waals surface area contributed by atoms with Crippen LogP contribution in [-0.2, 0) is 18.0 Å². The molecule has 0 aliphatic rings. The van der Waals surface area contributed by atoms with E-state index in [0.717, 1.165) is 16.9 Å². The zero-order chi connectivity index (χ0) is 16.6. The van der Waals surface area contributed by atoms with Gasteiger partial charge < -0.3 is 5.32 Å². The molecular formula is C17H16N4O2S. The van der Waals surface area contributed by atoms with Gasteiger partial charge >= 0.3 is 0 Å². The summed E-state index contributed by atoms with van der Waals surface area (Å²) in [6.45, 7) is 0.842. The Balaban J connectivity index is 1.59. The van der Waals surface area contributed by atoms with Gasteiger partial charge in [-0.1, -0.05) is 12.1 Å². The van der Waals surface area contributed by atoms with Crippen molar-refractivity contribution >= 4 is 22.9 Å². The third-order valence-electron chi connectivity index (χ3n) is 3.27. The molecule has 0 aliphatic heterocycles. The van der Waals surface area contributed by atoms with Gasteiger partial charge in [0.1, 0.15) is 6.61 Å². The average molecular weight is 340 g/mol. The molecule has 1 amide bonds. The lowest BCUT2D eigenvalue weighted by Crippen LogP contribution is -2.24. The summed E-state index contributed by atoms with van der Waals surface area (Å²) in [6, 6.07) is 11.1. The second-order valence-corrected chi connectivity index (χ2v) is 5.67. The van der Waals surface area contributed by atoms with Crippen molar-refractivity contribution < 1.29 is 9.63 Å². The Morgan fingerprint density at radius 1 is 1.17 bits per heavy atom. The Labute approximate surface area is 143 Å². The number of thiazole rings is 1. The molecule has 0 radical (unpaired) electrons. The van der Waals surface area contributed by atoms with E-state index in [0.29, 0.717) is 12.1 Å². The van der Waals surface area contributed by atoms with E-state index in [1.807, 2.05) is 35.7 Å². The smallest absolute Gasteiger partial charge is 0.276 e. The lowest BCUT2D eigenvalue weighted by atomic mass is 10.1. The number of benzene rings is 1. The molecule has 6 nitrogen and oxygen atoms in total. The van der Waals surface area contributed by atoms with Crippen LogP contribution in [0.25, 0.3) is 0 Å². The van der Waals surface area contributed by atoms with Crippen LogP contribution in [0, 0.1) is 0 Å². The van der Waals surface area contributed by atoms with E-state index < -0.39 is 0 Å². The highest BCUT2D eigenvalue weighted by molar-refractivity contribution is 7.07. The Kier molecular flexibility index (Phi) is 5.49. The molecule has 0 atom stereocenters. The molecule has 7 heteroatoms. The van der Waals surface area contributed by atoms with Crippen molar-refractivity contribution in [2.75, 3.05) is 5.32 Å². The van der Waals surface area contributed by atoms with Gasteiger partial charge in [-0.25, -0.2) is 10.5 Å². The number of hydrogen-bond acceptors (Lipinski definition) is 6. The first-order valence-electron chi connectivity index (χ1n) is 7.34. The molecule has 24 heavy (non-hydrogen) atoms. The minimum Gasteiger partial charge on any atom is -0.380 e. The molecule has 2 aromatic heterocycles. The Morgan fingerprint density at radius 3 is 2.79 bits per heavy atom. The Morgan fingerprint density at radius 2 is 2.00 bits per heavy atom. The first-order chi connectivity index (χ1) is 11.8. The molecular weight excluding hydrogens is 324 g/mol. The van der Waals surface area contributed by atoms with Gasteiger partial charge in [0.25, 0.3) is 5.91 Å². The lowest BCUT2D eigenvalue weighted by Gasteiger charge is -2.12. The van der Waals surface area contributed by atoms with Gasteiger partial charge in [-0.2, -0.15) is 0 Å². The third-order valence-corrected chi connectivity index (χ3v) is 3.91. The van der Waals surface area contributed by atoms with Crippen LogP contribution >= 0.6 is 11.3 Å². The van der Waals surface area contributed by atoms with E-state index in [2.05, 4.69) is 20.8 Å². The first kappa shape index (κ1) is 16.1. The number of amides is 1. The number of para-hydroxylation sites is 1. The predicted molar refractivity (Wildman–Crippen MR) is 92.4 cm³/mol. The highest BCUT2D eigenvalue weighted by Crippen LogP contribution is 2.16. The SMILES string of the molecule is O=C(NOCc1cscn1)c1ccccc1NCc1ccncc1. The van der Waals surface area contributed by atoms with Gasteiger partial charge in [-0.05, 0) is 29.8 Å². The summed E-state index contributed by atoms with van der Waals surface area (Å²) in [7, 11) is 0. The molecule has 0 saturated heterocycles. The molecule has 1 aromatic carbocycles. The summed E-state index contributed by atoms with van der Waals surface area (Å²) in [4.78, 5) is 25.6. The topological polar surface area (TPSA) is 76.1 Å². The molecule has 3 aromatic rings. The Hall–Kier alpha value is -2.77. The van der Waals surface area contributed by atoms with Gasteiger partial charge in [0, 0.05) is 30.0 Å². The van der Waals surface area contributed by atoms with E-state index in [-0.39, 0.29) is 12.5 Å². The van der Waals surface area contributed by atoms with E-state index >= 15 is 0 Å². The number of nitrogens with zero attached hydrogens (tertiary/aromatic N) is 2. The maximum absolute atomic E-state index is 12.3. The fraction of sp³-hybridized carbons (Fsp3) is 0.118. The van der Waals surface area contributed by atoms with Crippen molar-refractivity contribution in [3.05, 3.63) is 76.5 Å². The zero-order valence-electron chi connectivity index (χ0n) is 12.8. The largest absolute Gasteiger partial charge is 0.380 e. The summed E-state index contributed by atoms with van der Waals surface area (Å²) in [5.41, 5.74) is 7.30. The molecule has 0 saturated carbocycles. The average Bonchev–Trinajstić information content (AvgIpc) is 3.14. The highest BCUT2D eigenvalue weighted by Gasteiger charge is 2.11. The normalized spacial score (nSPS) is 10.3. The second kappa shape index (κ2) is 8.19. The number of aromatic nitrogens is 2. The van der Waals surface area contributed by atoms with Crippen LogP contribution in [0.5, 0.6) is 0 Å². The number of rotatable bonds is 7. The summed E-state index contributed by atoms with van der Waals surface area (Å²) in [5, 5.41) is 5.13. The monoisotopic (exact) mass is 340 g/mol. The van der Waals surface area contributed by atoms with Crippen molar-refractivity contribution in [1.29, 1.82) is 0 Å². The third kappa shape index (κ3) is 4.37. The summed E-state index contributed by atoms with van der Waals surface area (Å²) < 4.78 is 0. The van der Waals surface area contributed by atoms with E-state index in [9.17, 15) is 4.79 Å². The van der Waals surface area contributed by atoms with Crippen LogP contribution in [0.2, 0.25) is 0 Å². The van der Waals surface area contributed by atoms with E-state index in [4.69, 9.17) is 4.84 Å². The van der Waals surface area contributed by atoms with Crippen LogP contribution in [0.1, 0.15) is 21.6 Å². The molecule has 122 valence electrons. The van der Waals surface area contributed by atoms with Gasteiger partial charge in [-0.3, -0.25) is 14.6 Å². The van der Waals surface area contributed by atoms with Gasteiger partial charge in [0.15, 0.2) is 0 Å². The molecule has 3 rings (SSSR count). The van der Waals surface area contributed by atoms with E-state index in [1.165, 1.54) is 11.3 Å². The molecule has 2 heterocycles. The number of nitrogens with one attached hydrogen (secondary N) is 2. The number of pyridine rings is 1. The maximum atomic E-state index is 12.3. The molecule has 0 unspecified atom stereocenters. The molecule has 0 aliphatic carbocycles. The van der Waals surface area contributed by atoms with Crippen LogP contribution in [0.15, 0.2) is 59.7 Å². The quantitative estimate of drug-likeness (QED) is 0.647. The van der Waals surface area contributed by atoms with Crippen molar-refractivity contribution in [2.45, 2.75) is 13.2 Å². The summed E-state index contributed by atoms with van der Waals surface area (Å²) in [5.74, 6) is -0.303. The maximum Gasteiger partial charge on any atom is 0.276 e. The van der Waals surface area contributed by atoms with Gasteiger partial charge in [0.05, 0.1) is 16.8 Å². The van der Waals surface area contributed by atoms with Crippen molar-refractivity contribution in [3.8, 4) is 0 Å². The second-order valence-electron chi connectivity index (χ2n) is 4.95. The van der Waals surface area contributed by atoms with Crippen LogP contribution in [0.4, 0.5) is 5.69 Å². The molecule has 0 bridgehead atoms. The molecule has 0 spiro atoms. The fourth-order valence-electron chi connectivity index (χ4n) is 2.07. The van der Waals surface area contributed by atoms with Crippen molar-refractivity contribution in [1.82, 2.24) is 15.4 Å². The van der Waals surface area contributed by atoms with E-state index in [1.54, 1.807) is 24.0 Å². The van der Waals surface area contributed by atoms with Gasteiger partial charge in [-0.15, -0.1) is 11.3 Å². The number of carbonyl (C=O) groups is 1. The minimum absolute atomic E-state index is 0.238. The Bertz CT molecular complexity index is 778. The molecule has 0 fully saturated rings. The van der Waals surface area contributed by atoms with Crippen LogP contribution in [-0.4, -0.2) is 15.9 Å². The van der Waals surface area contributed by atoms with Crippen LogP contribution < -0.4 is 10.8 Å².